The lowest BCUT2D eigenvalue weighted by Gasteiger charge is -2.27. The van der Waals surface area contributed by atoms with Gasteiger partial charge in [0.05, 0.1) is 13.0 Å². The average molecular weight is 431 g/mol. The van der Waals surface area contributed by atoms with Crippen LogP contribution in [0.4, 0.5) is 0 Å². The molecule has 0 fully saturated rings. The van der Waals surface area contributed by atoms with Gasteiger partial charge in [0.2, 0.25) is 17.7 Å². The summed E-state index contributed by atoms with van der Waals surface area (Å²) in [4.78, 5) is 59.1. The summed E-state index contributed by atoms with van der Waals surface area (Å²) in [5.41, 5.74) is 10.7. The van der Waals surface area contributed by atoms with E-state index in [1.54, 1.807) is 13.8 Å². The van der Waals surface area contributed by atoms with Crippen LogP contribution in [0.3, 0.4) is 0 Å². The van der Waals surface area contributed by atoms with Crippen molar-refractivity contribution in [2.75, 3.05) is 13.1 Å². The fraction of sp³-hybridized carbons (Fsp3) is 0.722. The maximum Gasteiger partial charge on any atom is 0.326 e. The summed E-state index contributed by atoms with van der Waals surface area (Å²) >= 11 is 0. The predicted octanol–water partition coefficient (Wildman–Crippen LogP) is -1.87. The van der Waals surface area contributed by atoms with Crippen molar-refractivity contribution in [2.24, 2.45) is 17.4 Å². The van der Waals surface area contributed by atoms with Gasteiger partial charge in [0, 0.05) is 0 Å². The largest absolute Gasteiger partial charge is 0.481 e. The molecule has 0 aliphatic heterocycles. The molecule has 4 unspecified atom stereocenters. The number of carboxylic acid groups (broad SMARTS) is 2. The van der Waals surface area contributed by atoms with Gasteiger partial charge in [-0.1, -0.05) is 20.3 Å². The Kier molecular flexibility index (Phi) is 13.0. The van der Waals surface area contributed by atoms with Crippen molar-refractivity contribution in [1.82, 2.24) is 16.0 Å². The lowest BCUT2D eigenvalue weighted by molar-refractivity contribution is -0.147. The number of hydrogen-bond donors (Lipinski definition) is 7. The quantitative estimate of drug-likeness (QED) is 0.144. The molecule has 0 saturated heterocycles. The summed E-state index contributed by atoms with van der Waals surface area (Å²) in [5.74, 6) is -5.27. The molecule has 0 aromatic carbocycles. The SMILES string of the molecule is CCC(C)C(NC(=O)C(CCCCN)NC(=O)CN)C(=O)NC(CC(=O)O)C(=O)O. The van der Waals surface area contributed by atoms with E-state index in [-0.39, 0.29) is 18.9 Å². The Hall–Kier alpha value is -2.73. The smallest absolute Gasteiger partial charge is 0.326 e. The number of nitrogens with two attached hydrogens (primary N) is 2. The minimum Gasteiger partial charge on any atom is -0.481 e. The summed E-state index contributed by atoms with van der Waals surface area (Å²) < 4.78 is 0. The molecule has 0 aromatic rings. The van der Waals surface area contributed by atoms with Crippen molar-refractivity contribution in [1.29, 1.82) is 0 Å². The van der Waals surface area contributed by atoms with Crippen molar-refractivity contribution in [3.8, 4) is 0 Å². The monoisotopic (exact) mass is 431 g/mol. The molecule has 0 saturated carbocycles. The molecule has 30 heavy (non-hydrogen) atoms. The molecule has 3 amide bonds. The molecule has 0 radical (unpaired) electrons. The Balaban J connectivity index is 5.40. The molecule has 0 aromatic heterocycles. The minimum atomic E-state index is -1.64. The fourth-order valence-corrected chi connectivity index (χ4v) is 2.61. The molecular formula is C18H33N5O7. The van der Waals surface area contributed by atoms with Gasteiger partial charge >= 0.3 is 11.9 Å². The van der Waals surface area contributed by atoms with E-state index in [0.29, 0.717) is 25.8 Å². The second-order valence-corrected chi connectivity index (χ2v) is 6.98. The Labute approximate surface area is 175 Å². The topological polar surface area (TPSA) is 214 Å². The molecule has 0 spiro atoms. The van der Waals surface area contributed by atoms with Crippen LogP contribution in [0.25, 0.3) is 0 Å². The first kappa shape index (κ1) is 27.3. The van der Waals surface area contributed by atoms with Crippen molar-refractivity contribution in [3.05, 3.63) is 0 Å². The molecular weight excluding hydrogens is 398 g/mol. The van der Waals surface area contributed by atoms with Crippen LogP contribution < -0.4 is 27.4 Å². The Morgan fingerprint density at radius 1 is 0.900 bits per heavy atom. The number of carbonyl (C=O) groups is 5. The number of unbranched alkanes of at least 4 members (excludes halogenated alkanes) is 1. The number of nitrogens with one attached hydrogen (secondary N) is 3. The molecule has 0 rings (SSSR count). The molecule has 4 atom stereocenters. The van der Waals surface area contributed by atoms with E-state index in [0.717, 1.165) is 0 Å². The third-order valence-electron chi connectivity index (χ3n) is 4.57. The number of rotatable bonds is 15. The van der Waals surface area contributed by atoms with Crippen LogP contribution in [0.5, 0.6) is 0 Å². The second-order valence-electron chi connectivity index (χ2n) is 6.98. The van der Waals surface area contributed by atoms with Crippen LogP contribution >= 0.6 is 0 Å². The van der Waals surface area contributed by atoms with Crippen LogP contribution in [0.15, 0.2) is 0 Å². The lowest BCUT2D eigenvalue weighted by Crippen LogP contribution is -2.58. The van der Waals surface area contributed by atoms with Gasteiger partial charge in [-0.05, 0) is 31.7 Å². The van der Waals surface area contributed by atoms with Gasteiger partial charge in [-0.3, -0.25) is 19.2 Å². The molecule has 0 bridgehead atoms. The first-order chi connectivity index (χ1) is 14.1. The van der Waals surface area contributed by atoms with E-state index in [1.165, 1.54) is 0 Å². The van der Waals surface area contributed by atoms with Gasteiger partial charge in [0.15, 0.2) is 0 Å². The fourth-order valence-electron chi connectivity index (χ4n) is 2.61. The highest BCUT2D eigenvalue weighted by Crippen LogP contribution is 2.10. The van der Waals surface area contributed by atoms with Crippen LogP contribution in [-0.2, 0) is 24.0 Å². The maximum absolute atomic E-state index is 12.7. The van der Waals surface area contributed by atoms with Gasteiger partial charge in [-0.15, -0.1) is 0 Å². The van der Waals surface area contributed by atoms with Crippen LogP contribution in [0, 0.1) is 5.92 Å². The maximum atomic E-state index is 12.7. The molecule has 0 aliphatic carbocycles. The third-order valence-corrected chi connectivity index (χ3v) is 4.57. The summed E-state index contributed by atoms with van der Waals surface area (Å²) in [6.45, 7) is 3.56. The predicted molar refractivity (Wildman–Crippen MR) is 107 cm³/mol. The van der Waals surface area contributed by atoms with Gasteiger partial charge in [0.1, 0.15) is 18.1 Å². The van der Waals surface area contributed by atoms with Crippen molar-refractivity contribution in [2.45, 2.75) is 64.1 Å². The van der Waals surface area contributed by atoms with Gasteiger partial charge < -0.3 is 37.6 Å². The number of amides is 3. The Morgan fingerprint density at radius 2 is 1.53 bits per heavy atom. The molecule has 172 valence electrons. The third kappa shape index (κ3) is 10.2. The summed E-state index contributed by atoms with van der Waals surface area (Å²) in [5, 5.41) is 25.1. The van der Waals surface area contributed by atoms with E-state index < -0.39 is 54.2 Å². The zero-order chi connectivity index (χ0) is 23.3. The van der Waals surface area contributed by atoms with E-state index >= 15 is 0 Å². The molecule has 0 heterocycles. The van der Waals surface area contributed by atoms with Crippen molar-refractivity contribution >= 4 is 29.7 Å². The summed E-state index contributed by atoms with van der Waals surface area (Å²) in [7, 11) is 0. The van der Waals surface area contributed by atoms with Gasteiger partial charge in [-0.25, -0.2) is 4.79 Å². The van der Waals surface area contributed by atoms with Gasteiger partial charge in [0.25, 0.3) is 0 Å². The van der Waals surface area contributed by atoms with Crippen molar-refractivity contribution in [3.63, 3.8) is 0 Å². The summed E-state index contributed by atoms with van der Waals surface area (Å²) in [6.07, 6.45) is 1.13. The minimum absolute atomic E-state index is 0.278. The second kappa shape index (κ2) is 14.3. The molecule has 12 nitrogen and oxygen atoms in total. The number of carbonyl (C=O) groups excluding carboxylic acids is 3. The van der Waals surface area contributed by atoms with E-state index in [9.17, 15) is 24.0 Å². The Morgan fingerprint density at radius 3 is 2.00 bits per heavy atom. The van der Waals surface area contributed by atoms with Crippen LogP contribution in [0.2, 0.25) is 0 Å². The first-order valence-electron chi connectivity index (χ1n) is 9.82. The summed E-state index contributed by atoms with van der Waals surface area (Å²) in [6, 6.07) is -3.71. The normalized spacial score (nSPS) is 14.7. The van der Waals surface area contributed by atoms with E-state index in [2.05, 4.69) is 16.0 Å². The number of aliphatic carboxylic acids is 2. The highest BCUT2D eigenvalue weighted by Gasteiger charge is 2.32. The number of carboxylic acids is 2. The van der Waals surface area contributed by atoms with Crippen molar-refractivity contribution < 1.29 is 34.2 Å². The highest BCUT2D eigenvalue weighted by molar-refractivity contribution is 5.94. The zero-order valence-electron chi connectivity index (χ0n) is 17.3. The standard InChI is InChI=1S/C18H33N5O7/c1-3-10(2)15(17(28)22-12(18(29)30)8-14(25)26)23-16(27)11(6-4-5-7-19)21-13(24)9-20/h10-12,15H,3-9,19-20H2,1-2H3,(H,21,24)(H,22,28)(H,23,27)(H,25,26)(H,29,30). The zero-order valence-corrected chi connectivity index (χ0v) is 17.3. The first-order valence-corrected chi connectivity index (χ1v) is 9.82. The molecule has 9 N–H and O–H groups in total. The average Bonchev–Trinajstić information content (AvgIpc) is 2.69. The van der Waals surface area contributed by atoms with Crippen LogP contribution in [-0.4, -0.2) is 71.1 Å². The number of hydrogen-bond acceptors (Lipinski definition) is 7. The lowest BCUT2D eigenvalue weighted by atomic mass is 9.97. The van der Waals surface area contributed by atoms with E-state index in [4.69, 9.17) is 21.7 Å². The molecule has 12 heteroatoms. The highest BCUT2D eigenvalue weighted by atomic mass is 16.4. The van der Waals surface area contributed by atoms with Crippen LogP contribution in [0.1, 0.15) is 46.0 Å². The van der Waals surface area contributed by atoms with Gasteiger partial charge in [-0.2, -0.15) is 0 Å². The van der Waals surface area contributed by atoms with E-state index in [1.807, 2.05) is 0 Å². The molecule has 0 aliphatic rings. The Bertz CT molecular complexity index is 614.